The first-order chi connectivity index (χ1) is 10.6. The number of ether oxygens (including phenoxy) is 1. The van der Waals surface area contributed by atoms with E-state index in [4.69, 9.17) is 4.74 Å². The Kier molecular flexibility index (Phi) is 4.57. The Morgan fingerprint density at radius 2 is 2.05 bits per heavy atom. The molecular formula is C16H24N4O2. The summed E-state index contributed by atoms with van der Waals surface area (Å²) in [6, 6.07) is 2.10. The van der Waals surface area contributed by atoms with Crippen molar-refractivity contribution in [3.05, 3.63) is 17.6 Å². The normalized spacial score (nSPS) is 22.7. The summed E-state index contributed by atoms with van der Waals surface area (Å²) in [5.74, 6) is 2.27. The molecule has 0 unspecified atom stereocenters. The van der Waals surface area contributed by atoms with Crippen molar-refractivity contribution < 1.29 is 9.53 Å². The van der Waals surface area contributed by atoms with Crippen molar-refractivity contribution in [2.75, 3.05) is 44.3 Å². The zero-order valence-electron chi connectivity index (χ0n) is 13.4. The molecule has 6 heteroatoms. The third-order valence-corrected chi connectivity index (χ3v) is 4.46. The fourth-order valence-corrected chi connectivity index (χ4v) is 3.24. The number of amides is 1. The minimum atomic E-state index is 0.156. The third kappa shape index (κ3) is 3.38. The Morgan fingerprint density at radius 1 is 1.27 bits per heavy atom. The molecule has 1 amide bonds. The molecule has 22 heavy (non-hydrogen) atoms. The molecule has 3 heterocycles. The summed E-state index contributed by atoms with van der Waals surface area (Å²) in [6.07, 6.45) is 2.13. The van der Waals surface area contributed by atoms with Crippen LogP contribution in [0.15, 0.2) is 6.07 Å². The summed E-state index contributed by atoms with van der Waals surface area (Å²) in [7, 11) is 0. The topological polar surface area (TPSA) is 58.6 Å². The Labute approximate surface area is 131 Å². The fraction of sp³-hybridized carbons (Fsp3) is 0.688. The molecule has 0 aromatic carbocycles. The number of carbonyl (C=O) groups excluding carboxylic acids is 1. The molecule has 0 spiro atoms. The second kappa shape index (κ2) is 6.60. The van der Waals surface area contributed by atoms with E-state index in [2.05, 4.69) is 20.9 Å². The molecule has 6 nitrogen and oxygen atoms in total. The van der Waals surface area contributed by atoms with E-state index < -0.39 is 0 Å². The molecular weight excluding hydrogens is 280 g/mol. The predicted octanol–water partition coefficient (Wildman–Crippen LogP) is 1.35. The van der Waals surface area contributed by atoms with Gasteiger partial charge in [-0.3, -0.25) is 4.79 Å². The zero-order chi connectivity index (χ0) is 15.5. The van der Waals surface area contributed by atoms with Gasteiger partial charge in [-0.15, -0.1) is 0 Å². The Morgan fingerprint density at radius 3 is 2.77 bits per heavy atom. The van der Waals surface area contributed by atoms with Gasteiger partial charge >= 0.3 is 0 Å². The van der Waals surface area contributed by atoms with E-state index in [1.54, 1.807) is 6.92 Å². The number of piperidine rings is 1. The standard InChI is InChI=1S/C16H24N4O2/c1-12-17-15(14-4-3-5-20(11-14)13(2)21)10-16(18-12)19-6-8-22-9-7-19/h10,14H,3-9,11H2,1-2H3/t14-/m0/s1. The van der Waals surface area contributed by atoms with Crippen LogP contribution in [-0.4, -0.2) is 60.2 Å². The molecule has 2 fully saturated rings. The minimum Gasteiger partial charge on any atom is -0.378 e. The number of anilines is 1. The van der Waals surface area contributed by atoms with E-state index in [1.807, 2.05) is 11.8 Å². The number of likely N-dealkylation sites (tertiary alicyclic amines) is 1. The number of hydrogen-bond donors (Lipinski definition) is 0. The Balaban J connectivity index is 1.80. The van der Waals surface area contributed by atoms with Gasteiger partial charge in [-0.05, 0) is 19.8 Å². The fourth-order valence-electron chi connectivity index (χ4n) is 3.24. The maximum absolute atomic E-state index is 11.6. The van der Waals surface area contributed by atoms with Crippen LogP contribution in [0.4, 0.5) is 5.82 Å². The highest BCUT2D eigenvalue weighted by atomic mass is 16.5. The lowest BCUT2D eigenvalue weighted by Crippen LogP contribution is -2.38. The monoisotopic (exact) mass is 304 g/mol. The Hall–Kier alpha value is -1.69. The van der Waals surface area contributed by atoms with E-state index in [1.165, 1.54) is 0 Å². The van der Waals surface area contributed by atoms with Gasteiger partial charge in [0.1, 0.15) is 11.6 Å². The molecule has 1 aromatic rings. The molecule has 0 bridgehead atoms. The van der Waals surface area contributed by atoms with Gasteiger partial charge in [0, 0.05) is 45.1 Å². The van der Waals surface area contributed by atoms with E-state index >= 15 is 0 Å². The van der Waals surface area contributed by atoms with Crippen LogP contribution in [0.25, 0.3) is 0 Å². The van der Waals surface area contributed by atoms with Gasteiger partial charge in [0.15, 0.2) is 0 Å². The molecule has 120 valence electrons. The smallest absolute Gasteiger partial charge is 0.219 e. The molecule has 0 aliphatic carbocycles. The average Bonchev–Trinajstić information content (AvgIpc) is 2.55. The summed E-state index contributed by atoms with van der Waals surface area (Å²) in [5, 5.41) is 0. The van der Waals surface area contributed by atoms with Gasteiger partial charge < -0.3 is 14.5 Å². The van der Waals surface area contributed by atoms with Crippen LogP contribution in [-0.2, 0) is 9.53 Å². The van der Waals surface area contributed by atoms with Crippen LogP contribution >= 0.6 is 0 Å². The zero-order valence-corrected chi connectivity index (χ0v) is 13.4. The molecule has 1 aromatic heterocycles. The number of aryl methyl sites for hydroxylation is 1. The summed E-state index contributed by atoms with van der Waals surface area (Å²) >= 11 is 0. The molecule has 0 N–H and O–H groups in total. The van der Waals surface area contributed by atoms with Crippen LogP contribution in [0.5, 0.6) is 0 Å². The molecule has 0 saturated carbocycles. The first-order valence-electron chi connectivity index (χ1n) is 8.07. The number of aromatic nitrogens is 2. The van der Waals surface area contributed by atoms with E-state index in [0.717, 1.165) is 69.6 Å². The van der Waals surface area contributed by atoms with Crippen molar-refractivity contribution in [1.29, 1.82) is 0 Å². The van der Waals surface area contributed by atoms with Crippen molar-refractivity contribution >= 4 is 11.7 Å². The maximum Gasteiger partial charge on any atom is 0.219 e. The number of carbonyl (C=O) groups is 1. The molecule has 0 radical (unpaired) electrons. The summed E-state index contributed by atoms with van der Waals surface area (Å²) in [4.78, 5) is 25.0. The van der Waals surface area contributed by atoms with Gasteiger partial charge in [-0.1, -0.05) is 0 Å². The van der Waals surface area contributed by atoms with Gasteiger partial charge in [0.25, 0.3) is 0 Å². The lowest BCUT2D eigenvalue weighted by atomic mass is 9.94. The number of hydrogen-bond acceptors (Lipinski definition) is 5. The van der Waals surface area contributed by atoms with Crippen LogP contribution in [0, 0.1) is 6.92 Å². The number of rotatable bonds is 2. The SMILES string of the molecule is CC(=O)N1CCC[C@H](c2cc(N3CCOCC3)nc(C)n2)C1. The lowest BCUT2D eigenvalue weighted by molar-refractivity contribution is -0.130. The molecule has 3 rings (SSSR count). The molecule has 2 saturated heterocycles. The third-order valence-electron chi connectivity index (χ3n) is 4.46. The van der Waals surface area contributed by atoms with Gasteiger partial charge in [-0.2, -0.15) is 0 Å². The quantitative estimate of drug-likeness (QED) is 0.825. The van der Waals surface area contributed by atoms with E-state index in [9.17, 15) is 4.79 Å². The van der Waals surface area contributed by atoms with Crippen LogP contribution in [0.3, 0.4) is 0 Å². The van der Waals surface area contributed by atoms with Crippen LogP contribution in [0.2, 0.25) is 0 Å². The van der Waals surface area contributed by atoms with Crippen molar-refractivity contribution in [1.82, 2.24) is 14.9 Å². The first-order valence-corrected chi connectivity index (χ1v) is 8.07. The molecule has 2 aliphatic heterocycles. The highest BCUT2D eigenvalue weighted by molar-refractivity contribution is 5.73. The van der Waals surface area contributed by atoms with Crippen LogP contribution in [0.1, 0.15) is 37.2 Å². The summed E-state index contributed by atoms with van der Waals surface area (Å²) in [6.45, 7) is 8.48. The minimum absolute atomic E-state index is 0.156. The second-order valence-corrected chi connectivity index (χ2v) is 6.10. The molecule has 2 aliphatic rings. The largest absolute Gasteiger partial charge is 0.378 e. The van der Waals surface area contributed by atoms with Crippen LogP contribution < -0.4 is 4.90 Å². The molecule has 1 atom stereocenters. The number of morpholine rings is 1. The first kappa shape index (κ1) is 15.2. The Bertz CT molecular complexity index is 543. The lowest BCUT2D eigenvalue weighted by Gasteiger charge is -2.33. The van der Waals surface area contributed by atoms with Crippen molar-refractivity contribution in [2.24, 2.45) is 0 Å². The summed E-state index contributed by atoms with van der Waals surface area (Å²) in [5.41, 5.74) is 1.07. The summed E-state index contributed by atoms with van der Waals surface area (Å²) < 4.78 is 5.41. The van der Waals surface area contributed by atoms with Crippen molar-refractivity contribution in [3.8, 4) is 0 Å². The number of nitrogens with zero attached hydrogens (tertiary/aromatic N) is 4. The van der Waals surface area contributed by atoms with Gasteiger partial charge in [0.05, 0.1) is 18.9 Å². The maximum atomic E-state index is 11.6. The van der Waals surface area contributed by atoms with Crippen molar-refractivity contribution in [3.63, 3.8) is 0 Å². The van der Waals surface area contributed by atoms with Gasteiger partial charge in [0.2, 0.25) is 5.91 Å². The van der Waals surface area contributed by atoms with Crippen molar-refractivity contribution in [2.45, 2.75) is 32.6 Å². The predicted molar refractivity (Wildman–Crippen MR) is 84.0 cm³/mol. The second-order valence-electron chi connectivity index (χ2n) is 6.10. The average molecular weight is 304 g/mol. The van der Waals surface area contributed by atoms with Gasteiger partial charge in [-0.25, -0.2) is 9.97 Å². The highest BCUT2D eigenvalue weighted by Gasteiger charge is 2.25. The van der Waals surface area contributed by atoms with E-state index in [-0.39, 0.29) is 5.91 Å². The highest BCUT2D eigenvalue weighted by Crippen LogP contribution is 2.28. The van der Waals surface area contributed by atoms with E-state index in [0.29, 0.717) is 5.92 Å².